The number of aryl methyl sites for hydroxylation is 1. The van der Waals surface area contributed by atoms with Gasteiger partial charge < -0.3 is 15.2 Å². The highest BCUT2D eigenvalue weighted by Crippen LogP contribution is 2.14. The number of aromatic nitrogens is 4. The van der Waals surface area contributed by atoms with Crippen molar-refractivity contribution in [3.05, 3.63) is 18.3 Å². The molecule has 0 aliphatic rings. The molecule has 8 heteroatoms. The number of rotatable bonds is 6. The van der Waals surface area contributed by atoms with Crippen LogP contribution in [0.25, 0.3) is 11.4 Å². The van der Waals surface area contributed by atoms with Gasteiger partial charge in [-0.25, -0.2) is 4.79 Å². The van der Waals surface area contributed by atoms with E-state index in [1.165, 1.54) is 0 Å². The standard InChI is InChI=1S/C13H20N6O2/c1-4-9(3)16-13(20)14-7-11-17-12(18-21-11)10-6-15-19(5-2)8-10/h6,8-9H,4-5,7H2,1-3H3,(H2,14,16,20). The van der Waals surface area contributed by atoms with E-state index in [2.05, 4.69) is 25.9 Å². The van der Waals surface area contributed by atoms with Crippen molar-refractivity contribution in [1.82, 2.24) is 30.6 Å². The molecule has 2 rings (SSSR count). The van der Waals surface area contributed by atoms with Crippen LogP contribution in [0.15, 0.2) is 16.9 Å². The summed E-state index contributed by atoms with van der Waals surface area (Å²) in [5.41, 5.74) is 0.788. The lowest BCUT2D eigenvalue weighted by Crippen LogP contribution is -2.40. The number of carbonyl (C=O) groups excluding carboxylic acids is 1. The van der Waals surface area contributed by atoms with Gasteiger partial charge in [0.15, 0.2) is 0 Å². The average molecular weight is 292 g/mol. The molecule has 8 nitrogen and oxygen atoms in total. The smallest absolute Gasteiger partial charge is 0.315 e. The highest BCUT2D eigenvalue weighted by Gasteiger charge is 2.12. The highest BCUT2D eigenvalue weighted by atomic mass is 16.5. The van der Waals surface area contributed by atoms with Crippen LogP contribution >= 0.6 is 0 Å². The van der Waals surface area contributed by atoms with Crippen molar-refractivity contribution in [3.63, 3.8) is 0 Å². The molecule has 114 valence electrons. The lowest BCUT2D eigenvalue weighted by molar-refractivity contribution is 0.235. The molecule has 2 aromatic heterocycles. The Morgan fingerprint density at radius 3 is 2.95 bits per heavy atom. The van der Waals surface area contributed by atoms with E-state index in [0.717, 1.165) is 18.5 Å². The van der Waals surface area contributed by atoms with Crippen molar-refractivity contribution >= 4 is 6.03 Å². The fourth-order valence-electron chi connectivity index (χ4n) is 1.63. The normalized spacial score (nSPS) is 12.1. The summed E-state index contributed by atoms with van der Waals surface area (Å²) in [4.78, 5) is 15.8. The van der Waals surface area contributed by atoms with E-state index >= 15 is 0 Å². The predicted octanol–water partition coefficient (Wildman–Crippen LogP) is 1.55. The second kappa shape index (κ2) is 6.87. The summed E-state index contributed by atoms with van der Waals surface area (Å²) in [5, 5.41) is 13.5. The Balaban J connectivity index is 1.90. The maximum absolute atomic E-state index is 11.6. The number of hydrogen-bond acceptors (Lipinski definition) is 5. The molecule has 0 spiro atoms. The number of nitrogens with one attached hydrogen (secondary N) is 2. The predicted molar refractivity (Wildman–Crippen MR) is 76.3 cm³/mol. The zero-order valence-corrected chi connectivity index (χ0v) is 12.5. The van der Waals surface area contributed by atoms with Gasteiger partial charge in [-0.05, 0) is 20.3 Å². The summed E-state index contributed by atoms with van der Waals surface area (Å²) in [6.45, 7) is 6.92. The van der Waals surface area contributed by atoms with Crippen molar-refractivity contribution < 1.29 is 9.32 Å². The van der Waals surface area contributed by atoms with Crippen LogP contribution in [0.1, 0.15) is 33.1 Å². The van der Waals surface area contributed by atoms with Crippen LogP contribution in [0, 0.1) is 0 Å². The van der Waals surface area contributed by atoms with Crippen LogP contribution in [0.3, 0.4) is 0 Å². The van der Waals surface area contributed by atoms with Crippen molar-refractivity contribution in [3.8, 4) is 11.4 Å². The maximum atomic E-state index is 11.6. The minimum absolute atomic E-state index is 0.128. The summed E-state index contributed by atoms with van der Waals surface area (Å²) in [5.74, 6) is 0.822. The Morgan fingerprint density at radius 2 is 2.29 bits per heavy atom. The zero-order chi connectivity index (χ0) is 15.2. The number of amides is 2. The third-order valence-corrected chi connectivity index (χ3v) is 3.07. The summed E-state index contributed by atoms with van der Waals surface area (Å²) in [6.07, 6.45) is 4.40. The van der Waals surface area contributed by atoms with Gasteiger partial charge in [-0.3, -0.25) is 4.68 Å². The van der Waals surface area contributed by atoms with E-state index in [-0.39, 0.29) is 18.6 Å². The van der Waals surface area contributed by atoms with Crippen LogP contribution in [0.5, 0.6) is 0 Å². The third kappa shape index (κ3) is 4.04. The topological polar surface area (TPSA) is 97.9 Å². The minimum Gasteiger partial charge on any atom is -0.337 e. The summed E-state index contributed by atoms with van der Waals surface area (Å²) in [6, 6.07) is -0.119. The van der Waals surface area contributed by atoms with E-state index in [9.17, 15) is 4.79 Å². The molecule has 1 unspecified atom stereocenters. The van der Waals surface area contributed by atoms with Gasteiger partial charge in [0.2, 0.25) is 11.7 Å². The van der Waals surface area contributed by atoms with Gasteiger partial charge in [0, 0.05) is 18.8 Å². The Kier molecular flexibility index (Phi) is 4.91. The molecular formula is C13H20N6O2. The number of carbonyl (C=O) groups is 1. The summed E-state index contributed by atoms with van der Waals surface area (Å²) in [7, 11) is 0. The van der Waals surface area contributed by atoms with Crippen molar-refractivity contribution in [2.45, 2.75) is 46.3 Å². The quantitative estimate of drug-likeness (QED) is 0.841. The molecule has 0 aromatic carbocycles. The monoisotopic (exact) mass is 292 g/mol. The maximum Gasteiger partial charge on any atom is 0.315 e. The lowest BCUT2D eigenvalue weighted by Gasteiger charge is -2.11. The second-order valence-electron chi connectivity index (χ2n) is 4.73. The molecule has 0 aliphatic carbocycles. The number of hydrogen-bond donors (Lipinski definition) is 2. The molecule has 0 aliphatic heterocycles. The van der Waals surface area contributed by atoms with Crippen LogP contribution in [-0.2, 0) is 13.1 Å². The van der Waals surface area contributed by atoms with E-state index < -0.39 is 0 Å². The molecule has 2 amide bonds. The molecule has 2 heterocycles. The van der Waals surface area contributed by atoms with Crippen molar-refractivity contribution in [1.29, 1.82) is 0 Å². The third-order valence-electron chi connectivity index (χ3n) is 3.07. The molecule has 21 heavy (non-hydrogen) atoms. The van der Waals surface area contributed by atoms with Crippen LogP contribution in [0.2, 0.25) is 0 Å². The van der Waals surface area contributed by atoms with Crippen LogP contribution in [-0.4, -0.2) is 32.0 Å². The Labute approximate surface area is 122 Å². The number of nitrogens with zero attached hydrogens (tertiary/aromatic N) is 4. The molecule has 0 fully saturated rings. The fourth-order valence-corrected chi connectivity index (χ4v) is 1.63. The molecule has 2 aromatic rings. The van der Waals surface area contributed by atoms with Crippen LogP contribution in [0.4, 0.5) is 4.79 Å². The van der Waals surface area contributed by atoms with E-state index in [1.54, 1.807) is 10.9 Å². The number of urea groups is 1. The first-order valence-electron chi connectivity index (χ1n) is 7.02. The van der Waals surface area contributed by atoms with Gasteiger partial charge >= 0.3 is 6.03 Å². The minimum atomic E-state index is -0.247. The Bertz CT molecular complexity index is 591. The van der Waals surface area contributed by atoms with Gasteiger partial charge in [0.25, 0.3) is 0 Å². The first-order chi connectivity index (χ1) is 10.1. The molecule has 0 saturated carbocycles. The second-order valence-corrected chi connectivity index (χ2v) is 4.73. The largest absolute Gasteiger partial charge is 0.337 e. The molecule has 0 bridgehead atoms. The van der Waals surface area contributed by atoms with Crippen molar-refractivity contribution in [2.75, 3.05) is 0 Å². The zero-order valence-electron chi connectivity index (χ0n) is 12.5. The van der Waals surface area contributed by atoms with Gasteiger partial charge in [0.1, 0.15) is 0 Å². The summed E-state index contributed by atoms with van der Waals surface area (Å²) < 4.78 is 6.88. The highest BCUT2D eigenvalue weighted by molar-refractivity contribution is 5.74. The average Bonchev–Trinajstić information content (AvgIpc) is 3.13. The van der Waals surface area contributed by atoms with E-state index in [1.807, 2.05) is 27.0 Å². The first kappa shape index (κ1) is 15.0. The van der Waals surface area contributed by atoms with Gasteiger partial charge in [-0.2, -0.15) is 10.1 Å². The molecule has 0 saturated heterocycles. The van der Waals surface area contributed by atoms with Gasteiger partial charge in [-0.15, -0.1) is 0 Å². The van der Waals surface area contributed by atoms with Crippen molar-refractivity contribution in [2.24, 2.45) is 0 Å². The molecule has 1 atom stereocenters. The van der Waals surface area contributed by atoms with E-state index in [0.29, 0.717) is 11.7 Å². The van der Waals surface area contributed by atoms with Gasteiger partial charge in [0.05, 0.1) is 18.3 Å². The summed E-state index contributed by atoms with van der Waals surface area (Å²) >= 11 is 0. The molecule has 2 N–H and O–H groups in total. The Hall–Kier alpha value is -2.38. The molecular weight excluding hydrogens is 272 g/mol. The lowest BCUT2D eigenvalue weighted by atomic mass is 10.3. The SMILES string of the molecule is CCC(C)NC(=O)NCc1nc(-c2cnn(CC)c2)no1. The first-order valence-corrected chi connectivity index (χ1v) is 7.02. The van der Waals surface area contributed by atoms with Gasteiger partial charge in [-0.1, -0.05) is 12.1 Å². The van der Waals surface area contributed by atoms with Crippen LogP contribution < -0.4 is 10.6 Å². The molecule has 0 radical (unpaired) electrons. The Morgan fingerprint density at radius 1 is 1.48 bits per heavy atom. The van der Waals surface area contributed by atoms with E-state index in [4.69, 9.17) is 4.52 Å². The fraction of sp³-hybridized carbons (Fsp3) is 0.538.